The van der Waals surface area contributed by atoms with Gasteiger partial charge in [-0.25, -0.2) is 0 Å². The number of anilines is 3. The van der Waals surface area contributed by atoms with Gasteiger partial charge in [0.2, 0.25) is 0 Å². The third kappa shape index (κ3) is 5.23. The first-order chi connectivity index (χ1) is 14.2. The summed E-state index contributed by atoms with van der Waals surface area (Å²) in [7, 11) is 0. The van der Waals surface area contributed by atoms with Crippen molar-refractivity contribution < 1.29 is 9.53 Å². The second-order valence-electron chi connectivity index (χ2n) is 7.99. The van der Waals surface area contributed by atoms with Crippen molar-refractivity contribution in [1.29, 1.82) is 0 Å². The summed E-state index contributed by atoms with van der Waals surface area (Å²) in [5, 5.41) is 14.3. The standard InChI is InChI=1S/C22H29N5O2/c1-16-10-12-27(13-11-16)18-6-4-17(5-7-18)24-21-9-8-20(25-26-21)22(28)23-15-19-3-2-14-29-19/h4-9,16,19H,2-3,10-15H2,1H3,(H,23,28)(H,24,26). The molecule has 154 valence electrons. The lowest BCUT2D eigenvalue weighted by molar-refractivity contribution is 0.0853. The van der Waals surface area contributed by atoms with Crippen LogP contribution in [0.5, 0.6) is 0 Å². The zero-order chi connectivity index (χ0) is 20.1. The van der Waals surface area contributed by atoms with Crippen molar-refractivity contribution in [3.05, 3.63) is 42.1 Å². The molecule has 1 aromatic heterocycles. The molecule has 2 N–H and O–H groups in total. The number of piperidine rings is 1. The molecule has 1 amide bonds. The molecule has 0 saturated carbocycles. The van der Waals surface area contributed by atoms with Crippen LogP contribution in [0.1, 0.15) is 43.1 Å². The van der Waals surface area contributed by atoms with Crippen LogP contribution in [0, 0.1) is 5.92 Å². The topological polar surface area (TPSA) is 79.4 Å². The minimum Gasteiger partial charge on any atom is -0.376 e. The van der Waals surface area contributed by atoms with E-state index in [2.05, 4.69) is 56.9 Å². The molecule has 2 aromatic rings. The number of hydrogen-bond acceptors (Lipinski definition) is 6. The van der Waals surface area contributed by atoms with Gasteiger partial charge in [0, 0.05) is 37.6 Å². The van der Waals surface area contributed by atoms with Crippen molar-refractivity contribution in [2.45, 2.75) is 38.7 Å². The molecule has 29 heavy (non-hydrogen) atoms. The van der Waals surface area contributed by atoms with E-state index in [4.69, 9.17) is 4.74 Å². The van der Waals surface area contributed by atoms with E-state index >= 15 is 0 Å². The Hall–Kier alpha value is -2.67. The predicted octanol–water partition coefficient (Wildman–Crippen LogP) is 3.37. The first-order valence-electron chi connectivity index (χ1n) is 10.5. The molecule has 1 atom stereocenters. The van der Waals surface area contributed by atoms with Gasteiger partial charge in [0.05, 0.1) is 6.10 Å². The van der Waals surface area contributed by atoms with Gasteiger partial charge in [-0.05, 0) is 68.0 Å². The number of carbonyl (C=O) groups excluding carboxylic acids is 1. The average Bonchev–Trinajstić information content (AvgIpc) is 3.27. The fraction of sp³-hybridized carbons (Fsp3) is 0.500. The van der Waals surface area contributed by atoms with Crippen LogP contribution in [-0.2, 0) is 4.74 Å². The molecule has 7 heteroatoms. The Morgan fingerprint density at radius 3 is 2.55 bits per heavy atom. The molecule has 0 spiro atoms. The highest BCUT2D eigenvalue weighted by Gasteiger charge is 2.18. The van der Waals surface area contributed by atoms with Crippen LogP contribution in [-0.4, -0.2) is 48.4 Å². The second-order valence-corrected chi connectivity index (χ2v) is 7.99. The number of ether oxygens (including phenoxy) is 1. The van der Waals surface area contributed by atoms with E-state index in [1.54, 1.807) is 12.1 Å². The maximum Gasteiger partial charge on any atom is 0.271 e. The SMILES string of the molecule is CC1CCN(c2ccc(Nc3ccc(C(=O)NCC4CCCO4)nn3)cc2)CC1. The summed E-state index contributed by atoms with van der Waals surface area (Å²) >= 11 is 0. The molecule has 1 unspecified atom stereocenters. The fourth-order valence-electron chi connectivity index (χ4n) is 3.79. The highest BCUT2D eigenvalue weighted by atomic mass is 16.5. The van der Waals surface area contributed by atoms with Crippen LogP contribution >= 0.6 is 0 Å². The summed E-state index contributed by atoms with van der Waals surface area (Å²) < 4.78 is 5.51. The number of rotatable bonds is 6. The number of nitrogens with one attached hydrogen (secondary N) is 2. The largest absolute Gasteiger partial charge is 0.376 e. The van der Waals surface area contributed by atoms with E-state index < -0.39 is 0 Å². The Morgan fingerprint density at radius 1 is 1.10 bits per heavy atom. The van der Waals surface area contributed by atoms with Gasteiger partial charge in [-0.1, -0.05) is 6.92 Å². The molecule has 0 bridgehead atoms. The molecule has 3 heterocycles. The zero-order valence-corrected chi connectivity index (χ0v) is 16.9. The summed E-state index contributed by atoms with van der Waals surface area (Å²) in [6.45, 7) is 5.86. The number of aromatic nitrogens is 2. The molecule has 4 rings (SSSR count). The first kappa shape index (κ1) is 19.6. The van der Waals surface area contributed by atoms with Crippen molar-refractivity contribution >= 4 is 23.1 Å². The van der Waals surface area contributed by atoms with E-state index in [9.17, 15) is 4.79 Å². The van der Waals surface area contributed by atoms with Gasteiger partial charge in [0.15, 0.2) is 11.5 Å². The van der Waals surface area contributed by atoms with Gasteiger partial charge in [-0.2, -0.15) is 0 Å². The smallest absolute Gasteiger partial charge is 0.271 e. The van der Waals surface area contributed by atoms with Crippen molar-refractivity contribution in [1.82, 2.24) is 15.5 Å². The monoisotopic (exact) mass is 395 g/mol. The average molecular weight is 396 g/mol. The highest BCUT2D eigenvalue weighted by Crippen LogP contribution is 2.25. The number of hydrogen-bond donors (Lipinski definition) is 2. The second kappa shape index (κ2) is 9.22. The molecule has 7 nitrogen and oxygen atoms in total. The van der Waals surface area contributed by atoms with E-state index in [1.807, 2.05) is 0 Å². The van der Waals surface area contributed by atoms with Gasteiger partial charge in [0.25, 0.3) is 5.91 Å². The van der Waals surface area contributed by atoms with Gasteiger partial charge in [-0.3, -0.25) is 4.79 Å². The third-order valence-corrected chi connectivity index (χ3v) is 5.70. The number of benzene rings is 1. The lowest BCUT2D eigenvalue weighted by Gasteiger charge is -2.32. The summed E-state index contributed by atoms with van der Waals surface area (Å²) in [6, 6.07) is 11.8. The molecule has 2 aliphatic rings. The first-order valence-corrected chi connectivity index (χ1v) is 10.5. The molecular weight excluding hydrogens is 366 g/mol. The van der Waals surface area contributed by atoms with Gasteiger partial charge >= 0.3 is 0 Å². The normalized spacial score (nSPS) is 19.9. The van der Waals surface area contributed by atoms with Crippen LogP contribution in [0.25, 0.3) is 0 Å². The number of nitrogens with zero attached hydrogens (tertiary/aromatic N) is 3. The van der Waals surface area contributed by atoms with Crippen LogP contribution in [0.15, 0.2) is 36.4 Å². The Labute approximate surface area is 171 Å². The Balaban J connectivity index is 1.29. The van der Waals surface area contributed by atoms with E-state index in [0.717, 1.165) is 44.1 Å². The molecular formula is C22H29N5O2. The van der Waals surface area contributed by atoms with Gasteiger partial charge < -0.3 is 20.3 Å². The highest BCUT2D eigenvalue weighted by molar-refractivity contribution is 5.92. The maximum atomic E-state index is 12.2. The minimum absolute atomic E-state index is 0.115. The van der Waals surface area contributed by atoms with E-state index in [0.29, 0.717) is 18.1 Å². The van der Waals surface area contributed by atoms with Crippen molar-refractivity contribution in [2.75, 3.05) is 36.5 Å². The maximum absolute atomic E-state index is 12.2. The number of amides is 1. The summed E-state index contributed by atoms with van der Waals surface area (Å²) in [6.07, 6.45) is 4.67. The van der Waals surface area contributed by atoms with Crippen LogP contribution in [0.3, 0.4) is 0 Å². The molecule has 0 aliphatic carbocycles. The molecule has 2 fully saturated rings. The molecule has 0 radical (unpaired) electrons. The van der Waals surface area contributed by atoms with E-state index in [-0.39, 0.29) is 12.0 Å². The Kier molecular flexibility index (Phi) is 6.24. The fourth-order valence-corrected chi connectivity index (χ4v) is 3.79. The lowest BCUT2D eigenvalue weighted by Crippen LogP contribution is -2.32. The Bertz CT molecular complexity index is 795. The van der Waals surface area contributed by atoms with Crippen LogP contribution in [0.2, 0.25) is 0 Å². The van der Waals surface area contributed by atoms with E-state index in [1.165, 1.54) is 18.5 Å². The lowest BCUT2D eigenvalue weighted by atomic mass is 9.99. The van der Waals surface area contributed by atoms with Gasteiger partial charge in [0.1, 0.15) is 0 Å². The quantitative estimate of drug-likeness (QED) is 0.781. The molecule has 1 aromatic carbocycles. The molecule has 2 saturated heterocycles. The zero-order valence-electron chi connectivity index (χ0n) is 16.9. The summed E-state index contributed by atoms with van der Waals surface area (Å²) in [4.78, 5) is 14.6. The van der Waals surface area contributed by atoms with Crippen molar-refractivity contribution in [2.24, 2.45) is 5.92 Å². The summed E-state index contributed by atoms with van der Waals surface area (Å²) in [5.41, 5.74) is 2.51. The van der Waals surface area contributed by atoms with Crippen molar-refractivity contribution in [3.63, 3.8) is 0 Å². The minimum atomic E-state index is -0.222. The number of carbonyl (C=O) groups is 1. The third-order valence-electron chi connectivity index (χ3n) is 5.70. The Morgan fingerprint density at radius 2 is 1.90 bits per heavy atom. The van der Waals surface area contributed by atoms with Crippen LogP contribution < -0.4 is 15.5 Å². The summed E-state index contributed by atoms with van der Waals surface area (Å²) in [5.74, 6) is 1.21. The molecule has 2 aliphatic heterocycles. The predicted molar refractivity (Wildman–Crippen MR) is 114 cm³/mol. The van der Waals surface area contributed by atoms with Gasteiger partial charge in [-0.15, -0.1) is 10.2 Å². The van der Waals surface area contributed by atoms with Crippen molar-refractivity contribution in [3.8, 4) is 0 Å². The van der Waals surface area contributed by atoms with Crippen LogP contribution in [0.4, 0.5) is 17.2 Å².